The van der Waals surface area contributed by atoms with E-state index in [-0.39, 0.29) is 12.8 Å². The fourth-order valence-corrected chi connectivity index (χ4v) is 3.29. The molecule has 0 aromatic rings. The number of nitrogens with one attached hydrogen (secondary N) is 3. The average molecular weight is 506 g/mol. The second-order valence-corrected chi connectivity index (χ2v) is 8.81. The van der Waals surface area contributed by atoms with Gasteiger partial charge in [0.2, 0.25) is 23.6 Å². The van der Waals surface area contributed by atoms with Gasteiger partial charge in [-0.2, -0.15) is 11.8 Å². The summed E-state index contributed by atoms with van der Waals surface area (Å²) >= 11 is 1.47. The lowest BCUT2D eigenvalue weighted by Crippen LogP contribution is -2.58. The number of carbonyl (C=O) groups is 6. The fraction of sp³-hybridized carbons (Fsp3) is 0.700. The van der Waals surface area contributed by atoms with Crippen LogP contribution < -0.4 is 27.4 Å². The molecule has 194 valence electrons. The second kappa shape index (κ2) is 15.9. The first-order chi connectivity index (χ1) is 15.8. The zero-order chi connectivity index (χ0) is 26.4. The Bertz CT molecular complexity index is 750. The Labute approximate surface area is 202 Å². The summed E-state index contributed by atoms with van der Waals surface area (Å²) in [5.41, 5.74) is 10.9. The zero-order valence-electron chi connectivity index (χ0n) is 19.5. The van der Waals surface area contributed by atoms with E-state index in [1.165, 1.54) is 11.8 Å². The summed E-state index contributed by atoms with van der Waals surface area (Å²) in [6, 6.07) is -5.19. The van der Waals surface area contributed by atoms with Crippen molar-refractivity contribution < 1.29 is 39.0 Å². The molecular formula is C20H35N5O8S. The maximum absolute atomic E-state index is 12.8. The molecular weight excluding hydrogens is 470 g/mol. The highest BCUT2D eigenvalue weighted by Gasteiger charge is 2.33. The molecule has 0 saturated carbocycles. The summed E-state index contributed by atoms with van der Waals surface area (Å²) in [6.07, 6.45) is 1.25. The van der Waals surface area contributed by atoms with E-state index in [1.54, 1.807) is 13.8 Å². The van der Waals surface area contributed by atoms with Gasteiger partial charge in [-0.25, -0.2) is 4.79 Å². The van der Waals surface area contributed by atoms with E-state index in [4.69, 9.17) is 16.6 Å². The molecule has 0 aromatic carbocycles. The Balaban J connectivity index is 5.58. The molecule has 0 rings (SSSR count). The highest BCUT2D eigenvalue weighted by molar-refractivity contribution is 7.98. The second-order valence-electron chi connectivity index (χ2n) is 7.82. The van der Waals surface area contributed by atoms with Crippen LogP contribution in [0.4, 0.5) is 0 Å². The Kier molecular flexibility index (Phi) is 14.5. The molecule has 14 heteroatoms. The maximum atomic E-state index is 12.8. The molecule has 0 bridgehead atoms. The van der Waals surface area contributed by atoms with E-state index in [9.17, 15) is 33.9 Å². The monoisotopic (exact) mass is 505 g/mol. The van der Waals surface area contributed by atoms with Crippen LogP contribution in [0.2, 0.25) is 0 Å². The molecule has 0 aliphatic heterocycles. The summed E-state index contributed by atoms with van der Waals surface area (Å²) in [4.78, 5) is 71.8. The summed E-state index contributed by atoms with van der Waals surface area (Å²) in [7, 11) is 0. The minimum Gasteiger partial charge on any atom is -0.481 e. The van der Waals surface area contributed by atoms with Crippen LogP contribution in [0.5, 0.6) is 0 Å². The van der Waals surface area contributed by atoms with E-state index >= 15 is 0 Å². The molecule has 0 aliphatic carbocycles. The smallest absolute Gasteiger partial charge is 0.326 e. The van der Waals surface area contributed by atoms with E-state index in [0.29, 0.717) is 18.6 Å². The standard InChI is InChI=1S/C20H35N5O8S/c1-4-10(2)16(20(32)33)25-19(31)13(9-15(27)28)24-18(30)12(5-6-14(22)26)23-17(29)11(21)7-8-34-3/h10-13,16H,4-9,21H2,1-3H3,(H2,22,26)(H,23,29)(H,24,30)(H,25,31)(H,27,28)(H,32,33). The largest absolute Gasteiger partial charge is 0.481 e. The predicted octanol–water partition coefficient (Wildman–Crippen LogP) is -1.61. The first-order valence-corrected chi connectivity index (χ1v) is 12.1. The van der Waals surface area contributed by atoms with Crippen molar-refractivity contribution in [2.45, 2.75) is 70.1 Å². The van der Waals surface area contributed by atoms with Crippen molar-refractivity contribution >= 4 is 47.3 Å². The number of amides is 4. The van der Waals surface area contributed by atoms with Crippen molar-refractivity contribution in [3.8, 4) is 0 Å². The summed E-state index contributed by atoms with van der Waals surface area (Å²) in [6.45, 7) is 3.32. The highest BCUT2D eigenvalue weighted by atomic mass is 32.2. The van der Waals surface area contributed by atoms with E-state index in [0.717, 1.165) is 0 Å². The van der Waals surface area contributed by atoms with E-state index < -0.39 is 72.1 Å². The Morgan fingerprint density at radius 3 is 1.94 bits per heavy atom. The fourth-order valence-electron chi connectivity index (χ4n) is 2.80. The molecule has 5 atom stereocenters. The van der Waals surface area contributed by atoms with Crippen LogP contribution in [-0.4, -0.2) is 82.0 Å². The molecule has 4 amide bonds. The lowest BCUT2D eigenvalue weighted by Gasteiger charge is -2.26. The van der Waals surface area contributed by atoms with Crippen LogP contribution in [0.15, 0.2) is 0 Å². The quantitative estimate of drug-likeness (QED) is 0.119. The van der Waals surface area contributed by atoms with Crippen molar-refractivity contribution in [3.63, 3.8) is 0 Å². The normalized spacial score (nSPS) is 15.2. The average Bonchev–Trinajstić information content (AvgIpc) is 2.76. The summed E-state index contributed by atoms with van der Waals surface area (Å²) in [5.74, 6) is -5.97. The number of primary amides is 1. The van der Waals surface area contributed by atoms with Crippen LogP contribution >= 0.6 is 11.8 Å². The van der Waals surface area contributed by atoms with Crippen LogP contribution in [-0.2, 0) is 28.8 Å². The summed E-state index contributed by atoms with van der Waals surface area (Å²) < 4.78 is 0. The van der Waals surface area contributed by atoms with Gasteiger partial charge in [-0.3, -0.25) is 24.0 Å². The molecule has 0 aromatic heterocycles. The Morgan fingerprint density at radius 2 is 1.47 bits per heavy atom. The molecule has 0 fully saturated rings. The molecule has 5 unspecified atom stereocenters. The molecule has 0 saturated heterocycles. The molecule has 0 spiro atoms. The number of rotatable bonds is 17. The van der Waals surface area contributed by atoms with Gasteiger partial charge in [0.05, 0.1) is 12.5 Å². The van der Waals surface area contributed by atoms with Crippen molar-refractivity contribution in [3.05, 3.63) is 0 Å². The van der Waals surface area contributed by atoms with Crippen molar-refractivity contribution in [1.29, 1.82) is 0 Å². The number of aliphatic carboxylic acids is 2. The Hall–Kier alpha value is -2.87. The number of thioether (sulfide) groups is 1. The first kappa shape index (κ1) is 31.1. The van der Waals surface area contributed by atoms with Crippen LogP contribution in [0.25, 0.3) is 0 Å². The van der Waals surface area contributed by atoms with E-state index in [1.807, 2.05) is 6.26 Å². The zero-order valence-corrected chi connectivity index (χ0v) is 20.4. The van der Waals surface area contributed by atoms with Gasteiger partial charge in [0.15, 0.2) is 0 Å². The molecule has 13 nitrogen and oxygen atoms in total. The third-order valence-electron chi connectivity index (χ3n) is 5.07. The number of carboxylic acid groups (broad SMARTS) is 2. The van der Waals surface area contributed by atoms with Gasteiger partial charge in [-0.1, -0.05) is 20.3 Å². The van der Waals surface area contributed by atoms with Crippen LogP contribution in [0.3, 0.4) is 0 Å². The topological polar surface area (TPSA) is 231 Å². The molecule has 34 heavy (non-hydrogen) atoms. The highest BCUT2D eigenvalue weighted by Crippen LogP contribution is 2.09. The number of nitrogens with two attached hydrogens (primary N) is 2. The first-order valence-electron chi connectivity index (χ1n) is 10.7. The van der Waals surface area contributed by atoms with Crippen molar-refractivity contribution in [2.75, 3.05) is 12.0 Å². The van der Waals surface area contributed by atoms with Crippen molar-refractivity contribution in [1.82, 2.24) is 16.0 Å². The Morgan fingerprint density at radius 1 is 0.912 bits per heavy atom. The van der Waals surface area contributed by atoms with Gasteiger partial charge in [0, 0.05) is 6.42 Å². The van der Waals surface area contributed by atoms with Crippen LogP contribution in [0.1, 0.15) is 46.0 Å². The van der Waals surface area contributed by atoms with Gasteiger partial charge in [-0.15, -0.1) is 0 Å². The molecule has 0 radical (unpaired) electrons. The number of hydrogen-bond donors (Lipinski definition) is 7. The van der Waals surface area contributed by atoms with Gasteiger partial charge >= 0.3 is 11.9 Å². The minimum absolute atomic E-state index is 0.214. The maximum Gasteiger partial charge on any atom is 0.326 e. The van der Waals surface area contributed by atoms with Gasteiger partial charge in [0.25, 0.3) is 0 Å². The SMILES string of the molecule is CCC(C)C(NC(=O)C(CC(=O)O)NC(=O)C(CCC(N)=O)NC(=O)C(N)CCSC)C(=O)O. The molecule has 0 aliphatic rings. The number of carbonyl (C=O) groups excluding carboxylic acids is 4. The van der Waals surface area contributed by atoms with Gasteiger partial charge in [-0.05, 0) is 30.8 Å². The third-order valence-corrected chi connectivity index (χ3v) is 5.71. The number of hydrogen-bond acceptors (Lipinski definition) is 8. The van der Waals surface area contributed by atoms with E-state index in [2.05, 4.69) is 16.0 Å². The number of carboxylic acids is 2. The summed E-state index contributed by atoms with van der Waals surface area (Å²) in [5, 5.41) is 25.4. The molecule has 0 heterocycles. The third kappa shape index (κ3) is 11.8. The lowest BCUT2D eigenvalue weighted by molar-refractivity contribution is -0.144. The van der Waals surface area contributed by atoms with Crippen LogP contribution in [0, 0.1) is 5.92 Å². The lowest BCUT2D eigenvalue weighted by atomic mass is 9.98. The minimum atomic E-state index is -1.63. The van der Waals surface area contributed by atoms with Gasteiger partial charge < -0.3 is 37.6 Å². The van der Waals surface area contributed by atoms with Crippen molar-refractivity contribution in [2.24, 2.45) is 17.4 Å². The van der Waals surface area contributed by atoms with Gasteiger partial charge in [0.1, 0.15) is 18.1 Å². The molecule has 9 N–H and O–H groups in total. The predicted molar refractivity (Wildman–Crippen MR) is 125 cm³/mol.